The van der Waals surface area contributed by atoms with E-state index in [1.54, 1.807) is 48.7 Å². The van der Waals surface area contributed by atoms with Crippen LogP contribution >= 0.6 is 24.0 Å². The second kappa shape index (κ2) is 10.1. The van der Waals surface area contributed by atoms with E-state index in [1.807, 2.05) is 0 Å². The van der Waals surface area contributed by atoms with Crippen LogP contribution in [0.2, 0.25) is 0 Å². The topological polar surface area (TPSA) is 110 Å². The second-order valence-corrected chi connectivity index (χ2v) is 8.82. The summed E-state index contributed by atoms with van der Waals surface area (Å²) in [7, 11) is 1.50. The third kappa shape index (κ3) is 4.80. The van der Waals surface area contributed by atoms with Crippen molar-refractivity contribution in [3.8, 4) is 17.4 Å². The normalized spacial score (nSPS) is 14.7. The van der Waals surface area contributed by atoms with Gasteiger partial charge in [0.25, 0.3) is 11.5 Å². The summed E-state index contributed by atoms with van der Waals surface area (Å²) in [6, 6.07) is 12.0. The molecular formula is C23H19N3O6S2. The third-order valence-corrected chi connectivity index (χ3v) is 6.31. The molecule has 1 aromatic carbocycles. The van der Waals surface area contributed by atoms with Gasteiger partial charge in [0.1, 0.15) is 15.5 Å². The van der Waals surface area contributed by atoms with E-state index in [9.17, 15) is 14.4 Å². The summed E-state index contributed by atoms with van der Waals surface area (Å²) in [6.45, 7) is 0.174. The fourth-order valence-electron chi connectivity index (χ4n) is 3.30. The largest absolute Gasteiger partial charge is 0.493 e. The van der Waals surface area contributed by atoms with Crippen LogP contribution in [0.1, 0.15) is 18.4 Å². The lowest BCUT2D eigenvalue weighted by atomic mass is 10.2. The zero-order chi connectivity index (χ0) is 24.2. The summed E-state index contributed by atoms with van der Waals surface area (Å²) in [5.74, 6) is -0.534. The summed E-state index contributed by atoms with van der Waals surface area (Å²) in [5.41, 5.74) is 0.0167. The molecule has 0 radical (unpaired) electrons. The van der Waals surface area contributed by atoms with Crippen molar-refractivity contribution in [1.82, 2.24) is 14.3 Å². The number of fused-ring (bicyclic) bond motifs is 1. The van der Waals surface area contributed by atoms with Crippen molar-refractivity contribution in [2.24, 2.45) is 0 Å². The Bertz CT molecular complexity index is 1380. The number of carbonyl (C=O) groups excluding carboxylic acids is 1. The predicted octanol–water partition coefficient (Wildman–Crippen LogP) is 3.56. The molecule has 1 amide bonds. The highest BCUT2D eigenvalue weighted by atomic mass is 32.2. The van der Waals surface area contributed by atoms with Crippen LogP contribution in [0.4, 0.5) is 0 Å². The van der Waals surface area contributed by atoms with Gasteiger partial charge in [0.05, 0.1) is 12.0 Å². The van der Waals surface area contributed by atoms with Crippen molar-refractivity contribution in [3.63, 3.8) is 0 Å². The monoisotopic (exact) mass is 497 g/mol. The van der Waals surface area contributed by atoms with E-state index in [4.69, 9.17) is 26.8 Å². The van der Waals surface area contributed by atoms with E-state index in [1.165, 1.54) is 22.5 Å². The van der Waals surface area contributed by atoms with Gasteiger partial charge in [0.15, 0.2) is 11.5 Å². The summed E-state index contributed by atoms with van der Waals surface area (Å²) in [4.78, 5) is 43.1. The van der Waals surface area contributed by atoms with Gasteiger partial charge in [-0.15, -0.1) is 0 Å². The Balaban J connectivity index is 1.76. The molecule has 0 aliphatic carbocycles. The quantitative estimate of drug-likeness (QED) is 0.369. The molecule has 3 heterocycles. The van der Waals surface area contributed by atoms with Crippen molar-refractivity contribution in [3.05, 3.63) is 69.5 Å². The van der Waals surface area contributed by atoms with Gasteiger partial charge >= 0.3 is 5.97 Å². The Morgan fingerprint density at radius 3 is 2.65 bits per heavy atom. The maximum absolute atomic E-state index is 13.3. The predicted molar refractivity (Wildman–Crippen MR) is 131 cm³/mol. The number of benzene rings is 1. The van der Waals surface area contributed by atoms with Gasteiger partial charge in [-0.1, -0.05) is 42.2 Å². The number of thioether (sulfide) groups is 1. The summed E-state index contributed by atoms with van der Waals surface area (Å²) >= 11 is 6.34. The number of carboxylic acids is 1. The lowest BCUT2D eigenvalue weighted by molar-refractivity contribution is -0.137. The van der Waals surface area contributed by atoms with E-state index in [0.29, 0.717) is 21.5 Å². The van der Waals surface area contributed by atoms with Gasteiger partial charge in [-0.3, -0.25) is 23.7 Å². The molecule has 1 aliphatic rings. The third-order valence-electron chi connectivity index (χ3n) is 4.93. The summed E-state index contributed by atoms with van der Waals surface area (Å²) in [5, 5.41) is 8.85. The Hall–Kier alpha value is -3.70. The van der Waals surface area contributed by atoms with Crippen molar-refractivity contribution in [2.45, 2.75) is 12.8 Å². The molecule has 0 spiro atoms. The van der Waals surface area contributed by atoms with Crippen LogP contribution in [0.25, 0.3) is 11.7 Å². The Labute approximate surface area is 203 Å². The molecule has 0 atom stereocenters. The molecule has 11 heteroatoms. The molecular weight excluding hydrogens is 478 g/mol. The Kier molecular flexibility index (Phi) is 6.94. The number of ether oxygens (including phenoxy) is 2. The first-order valence-corrected chi connectivity index (χ1v) is 11.4. The number of nitrogens with zero attached hydrogens (tertiary/aromatic N) is 3. The van der Waals surface area contributed by atoms with E-state index in [0.717, 1.165) is 11.8 Å². The summed E-state index contributed by atoms with van der Waals surface area (Å²) in [6.07, 6.45) is 3.17. The number of aromatic nitrogens is 2. The van der Waals surface area contributed by atoms with E-state index >= 15 is 0 Å². The zero-order valence-electron chi connectivity index (χ0n) is 18.0. The first kappa shape index (κ1) is 23.5. The smallest absolute Gasteiger partial charge is 0.303 e. The molecule has 1 aliphatic heterocycles. The maximum atomic E-state index is 13.3. The fourth-order valence-corrected chi connectivity index (χ4v) is 4.59. The van der Waals surface area contributed by atoms with Crippen LogP contribution < -0.4 is 15.0 Å². The van der Waals surface area contributed by atoms with Crippen LogP contribution in [0.15, 0.2) is 58.4 Å². The van der Waals surface area contributed by atoms with Crippen molar-refractivity contribution < 1.29 is 24.2 Å². The number of rotatable bonds is 8. The molecule has 0 bridgehead atoms. The lowest BCUT2D eigenvalue weighted by Crippen LogP contribution is -2.29. The number of para-hydroxylation sites is 2. The standard InChI is InChI=1S/C23H19N3O6S2/c1-31-15-7-2-3-8-16(15)32-20-14(21(29)25-11-5-4-9-18(25)24-20)13-17-22(30)26(23(33)34-17)12-6-10-19(27)28/h2-5,7-9,11,13H,6,10,12H2,1H3,(H,27,28)/b17-13+. The molecule has 9 nitrogen and oxygen atoms in total. The fraction of sp³-hybridized carbons (Fsp3) is 0.174. The zero-order valence-corrected chi connectivity index (χ0v) is 19.6. The van der Waals surface area contributed by atoms with E-state index in [2.05, 4.69) is 4.98 Å². The first-order chi connectivity index (χ1) is 16.4. The van der Waals surface area contributed by atoms with Crippen LogP contribution in [0.3, 0.4) is 0 Å². The summed E-state index contributed by atoms with van der Waals surface area (Å²) < 4.78 is 13.0. The number of hydrogen-bond acceptors (Lipinski definition) is 8. The molecule has 1 fully saturated rings. The maximum Gasteiger partial charge on any atom is 0.303 e. The average Bonchev–Trinajstić information content (AvgIpc) is 3.09. The minimum atomic E-state index is -0.950. The van der Waals surface area contributed by atoms with Crippen molar-refractivity contribution in [2.75, 3.05) is 13.7 Å². The molecule has 174 valence electrons. The minimum Gasteiger partial charge on any atom is -0.493 e. The number of methoxy groups -OCH3 is 1. The number of amides is 1. The highest BCUT2D eigenvalue weighted by molar-refractivity contribution is 8.26. The molecule has 3 aromatic rings. The van der Waals surface area contributed by atoms with E-state index in [-0.39, 0.29) is 35.7 Å². The molecule has 1 N–H and O–H groups in total. The number of aliphatic carboxylic acids is 1. The highest BCUT2D eigenvalue weighted by Crippen LogP contribution is 2.35. The molecule has 0 unspecified atom stereocenters. The number of pyridine rings is 1. The molecule has 0 saturated carbocycles. The second-order valence-electron chi connectivity index (χ2n) is 7.15. The van der Waals surface area contributed by atoms with Gasteiger partial charge in [-0.25, -0.2) is 0 Å². The Morgan fingerprint density at radius 1 is 1.18 bits per heavy atom. The number of hydrogen-bond donors (Lipinski definition) is 1. The number of thiocarbonyl (C=S) groups is 1. The Morgan fingerprint density at radius 2 is 1.91 bits per heavy atom. The van der Waals surface area contributed by atoms with Gasteiger partial charge in [0.2, 0.25) is 5.88 Å². The minimum absolute atomic E-state index is 0.0110. The van der Waals surface area contributed by atoms with Gasteiger partial charge in [-0.2, -0.15) is 4.98 Å². The van der Waals surface area contributed by atoms with Gasteiger partial charge in [0, 0.05) is 19.2 Å². The van der Waals surface area contributed by atoms with E-state index < -0.39 is 17.4 Å². The van der Waals surface area contributed by atoms with Crippen molar-refractivity contribution in [1.29, 1.82) is 0 Å². The van der Waals surface area contributed by atoms with Gasteiger partial charge in [-0.05, 0) is 36.8 Å². The molecule has 34 heavy (non-hydrogen) atoms. The van der Waals surface area contributed by atoms with Crippen LogP contribution in [-0.4, -0.2) is 49.2 Å². The first-order valence-electron chi connectivity index (χ1n) is 10.2. The highest BCUT2D eigenvalue weighted by Gasteiger charge is 2.32. The van der Waals surface area contributed by atoms with Crippen molar-refractivity contribution >= 4 is 51.9 Å². The van der Waals surface area contributed by atoms with Crippen LogP contribution in [-0.2, 0) is 9.59 Å². The SMILES string of the molecule is COc1ccccc1Oc1nc2ccccn2c(=O)c1/C=C1/SC(=S)N(CCCC(=O)O)C1=O. The molecule has 2 aromatic heterocycles. The average molecular weight is 498 g/mol. The molecule has 1 saturated heterocycles. The van der Waals surface area contributed by atoms with Crippen LogP contribution in [0.5, 0.6) is 17.4 Å². The number of carboxylic acid groups (broad SMARTS) is 1. The van der Waals surface area contributed by atoms with Crippen LogP contribution in [0, 0.1) is 0 Å². The molecule has 4 rings (SSSR count). The number of carbonyl (C=O) groups is 2. The lowest BCUT2D eigenvalue weighted by Gasteiger charge is -2.13. The van der Waals surface area contributed by atoms with Gasteiger partial charge < -0.3 is 14.6 Å².